The van der Waals surface area contributed by atoms with Crippen LogP contribution in [0.15, 0.2) is 24.3 Å². The average Bonchev–Trinajstić information content (AvgIpc) is 3.21. The molecule has 0 bridgehead atoms. The van der Waals surface area contributed by atoms with Gasteiger partial charge in [0.05, 0.1) is 18.0 Å². The number of nitrogens with two attached hydrogens (primary N) is 1. The molecule has 0 radical (unpaired) electrons. The molecule has 10 heteroatoms. The molecule has 2 aliphatic heterocycles. The number of thioether (sulfide) groups is 1. The van der Waals surface area contributed by atoms with Crippen molar-refractivity contribution in [3.8, 4) is 0 Å². The molecule has 6 N–H and O–H groups in total. The van der Waals surface area contributed by atoms with Crippen LogP contribution < -0.4 is 27.0 Å². The number of nitrogens with one attached hydrogen (secondary N) is 4. The Bertz CT molecular complexity index is 739. The molecule has 2 aliphatic rings. The second-order valence-corrected chi connectivity index (χ2v) is 8.24. The molecule has 29 heavy (non-hydrogen) atoms. The van der Waals surface area contributed by atoms with Crippen LogP contribution in [0.3, 0.4) is 0 Å². The first-order valence-corrected chi connectivity index (χ1v) is 10.7. The Balaban J connectivity index is 1.43. The van der Waals surface area contributed by atoms with Crippen LogP contribution in [0.1, 0.15) is 28.8 Å². The van der Waals surface area contributed by atoms with Crippen molar-refractivity contribution in [1.82, 2.24) is 21.3 Å². The number of ether oxygens (including phenoxy) is 1. The molecular weight excluding hydrogens is 394 g/mol. The number of benzene rings is 1. The summed E-state index contributed by atoms with van der Waals surface area (Å²) in [6.07, 6.45) is 1.29. The van der Waals surface area contributed by atoms with E-state index in [1.54, 1.807) is 12.1 Å². The molecule has 2 heterocycles. The van der Waals surface area contributed by atoms with Crippen molar-refractivity contribution < 1.29 is 19.1 Å². The normalized spacial score (nSPS) is 26.6. The van der Waals surface area contributed by atoms with Gasteiger partial charge < -0.3 is 26.4 Å². The quantitative estimate of drug-likeness (QED) is 0.397. The van der Waals surface area contributed by atoms with Crippen LogP contribution in [0.2, 0.25) is 0 Å². The molecule has 3 rings (SSSR count). The van der Waals surface area contributed by atoms with Gasteiger partial charge >= 0.3 is 0 Å². The maximum absolute atomic E-state index is 12.4. The first kappa shape index (κ1) is 21.6. The summed E-state index contributed by atoms with van der Waals surface area (Å²) in [5, 5.41) is 11.2. The standard InChI is InChI=1S/C19H27N5O4S/c1-11-4-6-12(7-5-11)17(26)22-15-16(20)23-19(24-18(15)27)29-10-14(25)21-9-13-3-2-8-28-13/h4-7,13,15-16,19,23H,2-3,8-10,20H2,1H3,(H,21,25)(H,22,26)(H,24,27). The van der Waals surface area contributed by atoms with Gasteiger partial charge in [0.2, 0.25) is 11.8 Å². The number of carbonyl (C=O) groups excluding carboxylic acids is 3. The number of carbonyl (C=O) groups is 3. The number of rotatable bonds is 7. The van der Waals surface area contributed by atoms with Gasteiger partial charge in [-0.15, -0.1) is 11.8 Å². The van der Waals surface area contributed by atoms with Gasteiger partial charge in [-0.25, -0.2) is 0 Å². The average molecular weight is 422 g/mol. The van der Waals surface area contributed by atoms with E-state index in [9.17, 15) is 14.4 Å². The van der Waals surface area contributed by atoms with Crippen molar-refractivity contribution in [2.24, 2.45) is 5.73 Å². The maximum atomic E-state index is 12.4. The largest absolute Gasteiger partial charge is 0.376 e. The molecule has 0 aromatic heterocycles. The Morgan fingerprint density at radius 3 is 2.72 bits per heavy atom. The Morgan fingerprint density at radius 2 is 2.07 bits per heavy atom. The molecule has 4 unspecified atom stereocenters. The predicted octanol–water partition coefficient (Wildman–Crippen LogP) is -0.590. The van der Waals surface area contributed by atoms with Gasteiger partial charge in [-0.1, -0.05) is 17.7 Å². The summed E-state index contributed by atoms with van der Waals surface area (Å²) in [4.78, 5) is 36.7. The number of hydrogen-bond donors (Lipinski definition) is 5. The second kappa shape index (κ2) is 10.1. The van der Waals surface area contributed by atoms with E-state index in [1.807, 2.05) is 19.1 Å². The van der Waals surface area contributed by atoms with Crippen LogP contribution in [0, 0.1) is 6.92 Å². The van der Waals surface area contributed by atoms with E-state index in [4.69, 9.17) is 10.5 Å². The zero-order valence-corrected chi connectivity index (χ0v) is 17.1. The SMILES string of the molecule is Cc1ccc(C(=O)NC2C(=O)NC(SCC(=O)NCC3CCCO3)NC2N)cc1. The van der Waals surface area contributed by atoms with E-state index >= 15 is 0 Å². The Labute approximate surface area is 173 Å². The van der Waals surface area contributed by atoms with E-state index in [0.717, 1.165) is 25.0 Å². The highest BCUT2D eigenvalue weighted by Gasteiger charge is 2.35. The molecule has 0 saturated carbocycles. The van der Waals surface area contributed by atoms with Crippen molar-refractivity contribution in [2.75, 3.05) is 18.9 Å². The van der Waals surface area contributed by atoms with Gasteiger partial charge in [0, 0.05) is 18.7 Å². The number of hydrogen-bond acceptors (Lipinski definition) is 7. The van der Waals surface area contributed by atoms with Crippen LogP contribution >= 0.6 is 11.8 Å². The van der Waals surface area contributed by atoms with Gasteiger partial charge in [-0.05, 0) is 31.9 Å². The highest BCUT2D eigenvalue weighted by molar-refractivity contribution is 8.00. The molecule has 2 saturated heterocycles. The highest BCUT2D eigenvalue weighted by Crippen LogP contribution is 2.13. The van der Waals surface area contributed by atoms with E-state index in [2.05, 4.69) is 21.3 Å². The van der Waals surface area contributed by atoms with E-state index in [1.165, 1.54) is 11.8 Å². The van der Waals surface area contributed by atoms with Crippen molar-refractivity contribution in [1.29, 1.82) is 0 Å². The summed E-state index contributed by atoms with van der Waals surface area (Å²) in [5.74, 6) is -0.737. The Kier molecular flexibility index (Phi) is 7.48. The van der Waals surface area contributed by atoms with Gasteiger partial charge in [-0.2, -0.15) is 0 Å². The lowest BCUT2D eigenvalue weighted by Gasteiger charge is -2.35. The zero-order chi connectivity index (χ0) is 20.8. The third kappa shape index (κ3) is 6.17. The molecular formula is C19H27N5O4S. The van der Waals surface area contributed by atoms with Gasteiger partial charge in [0.25, 0.3) is 5.91 Å². The Morgan fingerprint density at radius 1 is 1.31 bits per heavy atom. The maximum Gasteiger partial charge on any atom is 0.252 e. The fourth-order valence-electron chi connectivity index (χ4n) is 3.11. The van der Waals surface area contributed by atoms with E-state index in [0.29, 0.717) is 12.1 Å². The molecule has 0 aliphatic carbocycles. The molecule has 9 nitrogen and oxygen atoms in total. The lowest BCUT2D eigenvalue weighted by atomic mass is 10.1. The van der Waals surface area contributed by atoms with Crippen LogP contribution in [0.25, 0.3) is 0 Å². The summed E-state index contributed by atoms with van der Waals surface area (Å²) < 4.78 is 5.47. The summed E-state index contributed by atoms with van der Waals surface area (Å²) in [6.45, 7) is 3.17. The summed E-state index contributed by atoms with van der Waals surface area (Å²) in [6, 6.07) is 6.13. The van der Waals surface area contributed by atoms with Crippen LogP contribution in [0.4, 0.5) is 0 Å². The highest BCUT2D eigenvalue weighted by atomic mass is 32.2. The van der Waals surface area contributed by atoms with E-state index in [-0.39, 0.29) is 23.7 Å². The topological polar surface area (TPSA) is 135 Å². The molecule has 4 atom stereocenters. The minimum atomic E-state index is -0.908. The van der Waals surface area contributed by atoms with Crippen molar-refractivity contribution in [3.63, 3.8) is 0 Å². The third-order valence-electron chi connectivity index (χ3n) is 4.79. The number of aryl methyl sites for hydroxylation is 1. The fourth-order valence-corrected chi connectivity index (χ4v) is 3.99. The molecule has 1 aromatic carbocycles. The van der Waals surface area contributed by atoms with Crippen molar-refractivity contribution >= 4 is 29.5 Å². The predicted molar refractivity (Wildman–Crippen MR) is 110 cm³/mol. The second-order valence-electron chi connectivity index (χ2n) is 7.15. The summed E-state index contributed by atoms with van der Waals surface area (Å²) >= 11 is 1.23. The first-order valence-electron chi connectivity index (χ1n) is 9.62. The van der Waals surface area contributed by atoms with Crippen LogP contribution in [-0.2, 0) is 14.3 Å². The third-order valence-corrected chi connectivity index (χ3v) is 5.81. The fraction of sp³-hybridized carbons (Fsp3) is 0.526. The molecule has 158 valence electrons. The lowest BCUT2D eigenvalue weighted by Crippen LogP contribution is -2.70. The van der Waals surface area contributed by atoms with Gasteiger partial charge in [0.15, 0.2) is 0 Å². The van der Waals surface area contributed by atoms with Gasteiger partial charge in [-0.3, -0.25) is 19.7 Å². The van der Waals surface area contributed by atoms with Crippen LogP contribution in [-0.4, -0.2) is 60.4 Å². The Hall–Kier alpha value is -2.14. The minimum absolute atomic E-state index is 0.0859. The number of amides is 3. The molecule has 1 aromatic rings. The lowest BCUT2D eigenvalue weighted by molar-refractivity contribution is -0.126. The molecule has 0 spiro atoms. The van der Waals surface area contributed by atoms with Crippen molar-refractivity contribution in [2.45, 2.75) is 43.6 Å². The van der Waals surface area contributed by atoms with Crippen LogP contribution in [0.5, 0.6) is 0 Å². The van der Waals surface area contributed by atoms with Crippen molar-refractivity contribution in [3.05, 3.63) is 35.4 Å². The minimum Gasteiger partial charge on any atom is -0.376 e. The first-order chi connectivity index (χ1) is 13.9. The summed E-state index contributed by atoms with van der Waals surface area (Å²) in [5.41, 5.74) is 7.02. The molecule has 3 amide bonds. The molecule has 2 fully saturated rings. The summed E-state index contributed by atoms with van der Waals surface area (Å²) in [7, 11) is 0. The zero-order valence-electron chi connectivity index (χ0n) is 16.3. The van der Waals surface area contributed by atoms with E-state index < -0.39 is 23.6 Å². The monoisotopic (exact) mass is 421 g/mol. The van der Waals surface area contributed by atoms with Gasteiger partial charge in [0.1, 0.15) is 11.5 Å². The smallest absolute Gasteiger partial charge is 0.252 e.